The molecule has 0 aliphatic carbocycles. The first-order chi connectivity index (χ1) is 18.3. The SMILES string of the molecule is COc1cc(C2C(=C(O)c3cc(C)ccc3C)C(=O)C(=O)N2CCCN2CCOCC2)cc(OC)c1OC. The summed E-state index contributed by atoms with van der Waals surface area (Å²) in [5, 5.41) is 11.5. The molecule has 1 unspecified atom stereocenters. The number of likely N-dealkylation sites (tertiary alicyclic amines) is 1. The summed E-state index contributed by atoms with van der Waals surface area (Å²) in [6.07, 6.45) is 0.664. The van der Waals surface area contributed by atoms with Crippen LogP contribution in [0.3, 0.4) is 0 Å². The van der Waals surface area contributed by atoms with Crippen molar-refractivity contribution in [3.63, 3.8) is 0 Å². The number of amides is 1. The van der Waals surface area contributed by atoms with E-state index >= 15 is 0 Å². The minimum absolute atomic E-state index is 0.0457. The summed E-state index contributed by atoms with van der Waals surface area (Å²) in [6.45, 7) is 7.93. The molecular formula is C29H36N2O7. The van der Waals surface area contributed by atoms with Crippen LogP contribution >= 0.6 is 0 Å². The molecular weight excluding hydrogens is 488 g/mol. The van der Waals surface area contributed by atoms with E-state index in [9.17, 15) is 14.7 Å². The van der Waals surface area contributed by atoms with Gasteiger partial charge in [0, 0.05) is 31.7 Å². The van der Waals surface area contributed by atoms with Crippen LogP contribution in [-0.4, -0.2) is 87.3 Å². The first-order valence-electron chi connectivity index (χ1n) is 12.8. The Balaban J connectivity index is 1.81. The number of hydrogen-bond donors (Lipinski definition) is 1. The van der Waals surface area contributed by atoms with Crippen molar-refractivity contribution in [3.8, 4) is 17.2 Å². The number of nitrogens with zero attached hydrogens (tertiary/aromatic N) is 2. The number of hydrogen-bond acceptors (Lipinski definition) is 8. The van der Waals surface area contributed by atoms with Crippen LogP contribution in [0.5, 0.6) is 17.2 Å². The van der Waals surface area contributed by atoms with Gasteiger partial charge in [-0.25, -0.2) is 0 Å². The van der Waals surface area contributed by atoms with Gasteiger partial charge < -0.3 is 29.0 Å². The first-order valence-corrected chi connectivity index (χ1v) is 12.8. The van der Waals surface area contributed by atoms with Gasteiger partial charge in [-0.3, -0.25) is 14.5 Å². The highest BCUT2D eigenvalue weighted by molar-refractivity contribution is 6.46. The molecule has 2 saturated heterocycles. The van der Waals surface area contributed by atoms with Gasteiger partial charge in [-0.2, -0.15) is 0 Å². The van der Waals surface area contributed by atoms with Crippen LogP contribution in [0.25, 0.3) is 5.76 Å². The van der Waals surface area contributed by atoms with Gasteiger partial charge in [0.1, 0.15) is 5.76 Å². The maximum Gasteiger partial charge on any atom is 0.295 e. The number of methoxy groups -OCH3 is 3. The molecule has 0 bridgehead atoms. The van der Waals surface area contributed by atoms with E-state index in [2.05, 4.69) is 4.90 Å². The zero-order chi connectivity index (χ0) is 27.4. The predicted molar refractivity (Wildman–Crippen MR) is 143 cm³/mol. The van der Waals surface area contributed by atoms with E-state index in [4.69, 9.17) is 18.9 Å². The van der Waals surface area contributed by atoms with Gasteiger partial charge in [-0.15, -0.1) is 0 Å². The van der Waals surface area contributed by atoms with E-state index in [1.807, 2.05) is 32.0 Å². The minimum Gasteiger partial charge on any atom is -0.507 e. The van der Waals surface area contributed by atoms with Crippen LogP contribution in [0.1, 0.15) is 34.7 Å². The van der Waals surface area contributed by atoms with Crippen LogP contribution in [0.2, 0.25) is 0 Å². The Bertz CT molecular complexity index is 1210. The Kier molecular flexibility index (Phi) is 8.58. The molecule has 2 aromatic rings. The Labute approximate surface area is 223 Å². The lowest BCUT2D eigenvalue weighted by molar-refractivity contribution is -0.140. The summed E-state index contributed by atoms with van der Waals surface area (Å²) in [5.41, 5.74) is 2.88. The molecule has 0 aromatic heterocycles. The molecule has 204 valence electrons. The third kappa shape index (κ3) is 5.35. The fourth-order valence-electron chi connectivity index (χ4n) is 5.14. The zero-order valence-electron chi connectivity index (χ0n) is 22.7. The topological polar surface area (TPSA) is 97.8 Å². The Morgan fingerprint density at radius 1 is 0.974 bits per heavy atom. The van der Waals surface area contributed by atoms with Crippen molar-refractivity contribution < 1.29 is 33.6 Å². The molecule has 9 heteroatoms. The summed E-state index contributed by atoms with van der Waals surface area (Å²) < 4.78 is 22.0. The summed E-state index contributed by atoms with van der Waals surface area (Å²) in [5.74, 6) is -0.359. The average molecular weight is 525 g/mol. The number of morpholine rings is 1. The molecule has 0 saturated carbocycles. The number of aliphatic hydroxyl groups excluding tert-OH is 1. The van der Waals surface area contributed by atoms with E-state index in [-0.39, 0.29) is 11.3 Å². The number of benzene rings is 2. The smallest absolute Gasteiger partial charge is 0.295 e. The van der Waals surface area contributed by atoms with Gasteiger partial charge in [-0.1, -0.05) is 17.7 Å². The van der Waals surface area contributed by atoms with E-state index in [0.29, 0.717) is 54.6 Å². The van der Waals surface area contributed by atoms with Crippen molar-refractivity contribution in [2.24, 2.45) is 0 Å². The highest BCUT2D eigenvalue weighted by Gasteiger charge is 2.46. The number of carbonyl (C=O) groups is 2. The molecule has 1 atom stereocenters. The molecule has 38 heavy (non-hydrogen) atoms. The fraction of sp³-hybridized carbons (Fsp3) is 0.448. The van der Waals surface area contributed by atoms with Crippen LogP contribution in [0.4, 0.5) is 0 Å². The number of carbonyl (C=O) groups excluding carboxylic acids is 2. The molecule has 9 nitrogen and oxygen atoms in total. The highest BCUT2D eigenvalue weighted by atomic mass is 16.5. The summed E-state index contributed by atoms with van der Waals surface area (Å²) in [7, 11) is 4.53. The van der Waals surface area contributed by atoms with Crippen LogP contribution in [0.15, 0.2) is 35.9 Å². The largest absolute Gasteiger partial charge is 0.507 e. The van der Waals surface area contributed by atoms with E-state index < -0.39 is 17.7 Å². The number of ketones is 1. The van der Waals surface area contributed by atoms with Gasteiger partial charge in [-0.05, 0) is 49.6 Å². The van der Waals surface area contributed by atoms with E-state index in [1.165, 1.54) is 21.3 Å². The van der Waals surface area contributed by atoms with Crippen LogP contribution in [-0.2, 0) is 14.3 Å². The standard InChI is InChI=1S/C29H36N2O7/c1-18-7-8-19(2)21(15-18)26(32)24-25(20-16-22(35-3)28(37-5)23(17-20)36-4)31(29(34)27(24)33)10-6-9-30-11-13-38-14-12-30/h7-8,15-17,25,32H,6,9-14H2,1-5H3. The van der Waals surface area contributed by atoms with Gasteiger partial charge in [0.25, 0.3) is 11.7 Å². The number of Topliss-reactive ketones (excluding diaryl/α,β-unsaturated/α-hetero) is 1. The van der Waals surface area contributed by atoms with Gasteiger partial charge >= 0.3 is 0 Å². The zero-order valence-corrected chi connectivity index (χ0v) is 22.7. The van der Waals surface area contributed by atoms with Gasteiger partial charge in [0.15, 0.2) is 11.5 Å². The second-order valence-corrected chi connectivity index (χ2v) is 9.58. The number of aryl methyl sites for hydroxylation is 2. The van der Waals surface area contributed by atoms with Crippen molar-refractivity contribution in [1.82, 2.24) is 9.80 Å². The molecule has 0 radical (unpaired) electrons. The van der Waals surface area contributed by atoms with Crippen LogP contribution in [0, 0.1) is 13.8 Å². The maximum absolute atomic E-state index is 13.5. The molecule has 0 spiro atoms. The Hall–Kier alpha value is -3.56. The van der Waals surface area contributed by atoms with Crippen molar-refractivity contribution >= 4 is 17.4 Å². The molecule has 2 aromatic carbocycles. The second-order valence-electron chi connectivity index (χ2n) is 9.58. The van der Waals surface area contributed by atoms with E-state index in [0.717, 1.165) is 30.8 Å². The molecule has 2 aliphatic heterocycles. The molecule has 1 N–H and O–H groups in total. The number of rotatable bonds is 9. The van der Waals surface area contributed by atoms with E-state index in [1.54, 1.807) is 17.0 Å². The first kappa shape index (κ1) is 27.5. The third-order valence-corrected chi connectivity index (χ3v) is 7.17. The minimum atomic E-state index is -0.826. The third-order valence-electron chi connectivity index (χ3n) is 7.17. The molecule has 1 amide bonds. The van der Waals surface area contributed by atoms with Crippen LogP contribution < -0.4 is 14.2 Å². The molecule has 2 heterocycles. The van der Waals surface area contributed by atoms with Crippen molar-refractivity contribution in [2.45, 2.75) is 26.3 Å². The molecule has 4 rings (SSSR count). The highest BCUT2D eigenvalue weighted by Crippen LogP contribution is 2.46. The lowest BCUT2D eigenvalue weighted by Crippen LogP contribution is -2.39. The monoisotopic (exact) mass is 524 g/mol. The number of aliphatic hydroxyl groups is 1. The van der Waals surface area contributed by atoms with Crippen molar-refractivity contribution in [2.75, 3.05) is 60.7 Å². The quantitative estimate of drug-likeness (QED) is 0.303. The average Bonchev–Trinajstić information content (AvgIpc) is 3.18. The Morgan fingerprint density at radius 2 is 1.63 bits per heavy atom. The summed E-state index contributed by atoms with van der Waals surface area (Å²) >= 11 is 0. The fourth-order valence-corrected chi connectivity index (χ4v) is 5.14. The van der Waals surface area contributed by atoms with Gasteiger partial charge in [0.05, 0.1) is 46.2 Å². The van der Waals surface area contributed by atoms with Gasteiger partial charge in [0.2, 0.25) is 5.75 Å². The predicted octanol–water partition coefficient (Wildman–Crippen LogP) is 3.47. The second kappa shape index (κ2) is 11.9. The normalized spacial score (nSPS) is 19.6. The summed E-state index contributed by atoms with van der Waals surface area (Å²) in [4.78, 5) is 30.7. The number of ether oxygens (including phenoxy) is 4. The Morgan fingerprint density at radius 3 is 2.24 bits per heavy atom. The summed E-state index contributed by atoms with van der Waals surface area (Å²) in [6, 6.07) is 8.27. The lowest BCUT2D eigenvalue weighted by atomic mass is 9.93. The lowest BCUT2D eigenvalue weighted by Gasteiger charge is -2.29. The van der Waals surface area contributed by atoms with Crippen molar-refractivity contribution in [1.29, 1.82) is 0 Å². The molecule has 2 aliphatic rings. The maximum atomic E-state index is 13.5. The molecule has 2 fully saturated rings. The van der Waals surface area contributed by atoms with Crippen molar-refractivity contribution in [3.05, 3.63) is 58.2 Å².